The molecule has 5 rings (SSSR count). The summed E-state index contributed by atoms with van der Waals surface area (Å²) in [6.45, 7) is 2.77. The van der Waals surface area contributed by atoms with Crippen LogP contribution >= 0.6 is 0 Å². The van der Waals surface area contributed by atoms with Crippen LogP contribution in [0.5, 0.6) is 0 Å². The van der Waals surface area contributed by atoms with Crippen molar-refractivity contribution in [2.45, 2.75) is 37.8 Å². The maximum absolute atomic E-state index is 15.0. The minimum Gasteiger partial charge on any atom is -0.450 e. The zero-order chi connectivity index (χ0) is 22.4. The van der Waals surface area contributed by atoms with E-state index in [-0.39, 0.29) is 29.8 Å². The lowest BCUT2D eigenvalue weighted by atomic mass is 10.1. The fraction of sp³-hybridized carbons (Fsp3) is 0.455. The normalized spacial score (nSPS) is 21.0. The number of hydrogen-bond donors (Lipinski definition) is 1. The summed E-state index contributed by atoms with van der Waals surface area (Å²) in [7, 11) is 0. The van der Waals surface area contributed by atoms with Crippen LogP contribution in [0.1, 0.15) is 42.1 Å². The Labute approximate surface area is 182 Å². The Bertz CT molecular complexity index is 1180. The molecule has 32 heavy (non-hydrogen) atoms. The number of anilines is 1. The second-order valence-corrected chi connectivity index (χ2v) is 8.29. The first-order chi connectivity index (χ1) is 15.4. The predicted molar refractivity (Wildman–Crippen MR) is 111 cm³/mol. The molecule has 1 aromatic heterocycles. The van der Waals surface area contributed by atoms with Crippen LogP contribution in [-0.4, -0.2) is 54.8 Å². The molecule has 3 aliphatic rings. The number of pyridine rings is 1. The quantitative estimate of drug-likeness (QED) is 0.556. The molecule has 0 bridgehead atoms. The van der Waals surface area contributed by atoms with Crippen molar-refractivity contribution < 1.29 is 28.2 Å². The number of hydrogen-bond acceptors (Lipinski definition) is 8. The molecule has 0 spiro atoms. The highest BCUT2D eigenvalue weighted by molar-refractivity contribution is 6.00. The molecular weight excluding hydrogens is 421 g/mol. The lowest BCUT2D eigenvalue weighted by molar-refractivity contribution is -0.157. The van der Waals surface area contributed by atoms with Gasteiger partial charge in [-0.05, 0) is 25.0 Å². The lowest BCUT2D eigenvalue weighted by Gasteiger charge is -2.30. The average Bonchev–Trinajstić information content (AvgIpc) is 3.54. The molecule has 1 aliphatic carbocycles. The molecule has 2 saturated heterocycles. The number of carbonyl (C=O) groups excluding carboxylic acids is 3. The molecular formula is C22H22FN3O6. The second kappa shape index (κ2) is 8.01. The van der Waals surface area contributed by atoms with E-state index in [9.17, 15) is 23.6 Å². The van der Waals surface area contributed by atoms with E-state index < -0.39 is 35.3 Å². The number of esters is 3. The van der Waals surface area contributed by atoms with E-state index in [0.717, 1.165) is 32.0 Å². The van der Waals surface area contributed by atoms with Gasteiger partial charge in [-0.25, -0.2) is 14.0 Å². The van der Waals surface area contributed by atoms with E-state index in [2.05, 4.69) is 5.32 Å². The molecule has 0 radical (unpaired) electrons. The van der Waals surface area contributed by atoms with E-state index in [0.29, 0.717) is 24.3 Å². The predicted octanol–water partition coefficient (Wildman–Crippen LogP) is 1.27. The largest absolute Gasteiger partial charge is 0.450 e. The highest BCUT2D eigenvalue weighted by atomic mass is 19.1. The Morgan fingerprint density at radius 3 is 2.53 bits per heavy atom. The highest BCUT2D eigenvalue weighted by Gasteiger charge is 2.34. The Kier molecular flexibility index (Phi) is 5.16. The number of cyclic esters (lactones) is 1. The molecule has 2 aromatic rings. The molecule has 1 N–H and O–H groups in total. The highest BCUT2D eigenvalue weighted by Crippen LogP contribution is 2.38. The van der Waals surface area contributed by atoms with Crippen LogP contribution in [0.3, 0.4) is 0 Å². The molecule has 2 aliphatic heterocycles. The van der Waals surface area contributed by atoms with Crippen molar-refractivity contribution in [1.82, 2.24) is 9.88 Å². The molecule has 1 saturated carbocycles. The fourth-order valence-corrected chi connectivity index (χ4v) is 4.21. The van der Waals surface area contributed by atoms with Crippen molar-refractivity contribution in [1.29, 1.82) is 0 Å². The number of carbonyl (C=O) groups is 3. The van der Waals surface area contributed by atoms with E-state index in [1.54, 1.807) is 10.6 Å². The summed E-state index contributed by atoms with van der Waals surface area (Å²) in [5, 5.41) is 3.28. The van der Waals surface area contributed by atoms with Crippen LogP contribution in [0.15, 0.2) is 23.1 Å². The third-order valence-corrected chi connectivity index (χ3v) is 6.06. The van der Waals surface area contributed by atoms with Gasteiger partial charge in [0.2, 0.25) is 5.43 Å². The molecule has 168 valence electrons. The summed E-state index contributed by atoms with van der Waals surface area (Å²) >= 11 is 0. The summed E-state index contributed by atoms with van der Waals surface area (Å²) in [5.74, 6) is -3.24. The van der Waals surface area contributed by atoms with Crippen LogP contribution in [0.25, 0.3) is 10.9 Å². The van der Waals surface area contributed by atoms with Crippen LogP contribution < -0.4 is 15.6 Å². The molecule has 9 nitrogen and oxygen atoms in total. The van der Waals surface area contributed by atoms with E-state index in [4.69, 9.17) is 9.47 Å². The van der Waals surface area contributed by atoms with Crippen LogP contribution in [-0.2, 0) is 19.1 Å². The van der Waals surface area contributed by atoms with Gasteiger partial charge in [-0.1, -0.05) is 0 Å². The third kappa shape index (κ3) is 3.75. The molecule has 3 fully saturated rings. The summed E-state index contributed by atoms with van der Waals surface area (Å²) < 4.78 is 26.4. The van der Waals surface area contributed by atoms with Gasteiger partial charge < -0.3 is 24.3 Å². The van der Waals surface area contributed by atoms with Gasteiger partial charge in [0.1, 0.15) is 11.4 Å². The Balaban J connectivity index is 1.52. The van der Waals surface area contributed by atoms with Crippen LogP contribution in [0, 0.1) is 5.82 Å². The first-order valence-corrected chi connectivity index (χ1v) is 10.7. The van der Waals surface area contributed by atoms with E-state index >= 15 is 0 Å². The van der Waals surface area contributed by atoms with E-state index in [1.165, 1.54) is 6.20 Å². The SMILES string of the molecule is O=C1CCC(C(=O)OC(=O)c2cn(C3CC3)c3cc(N4CCNCC4)c(F)cc3c2=O)O1. The number of piperazine rings is 1. The molecule has 1 atom stereocenters. The van der Waals surface area contributed by atoms with Gasteiger partial charge in [-0.3, -0.25) is 9.59 Å². The maximum atomic E-state index is 15.0. The van der Waals surface area contributed by atoms with Gasteiger partial charge in [0.05, 0.1) is 11.2 Å². The minimum absolute atomic E-state index is 0.0578. The van der Waals surface area contributed by atoms with Crippen molar-refractivity contribution in [3.8, 4) is 0 Å². The van der Waals surface area contributed by atoms with Crippen molar-refractivity contribution in [2.24, 2.45) is 0 Å². The number of fused-ring (bicyclic) bond motifs is 1. The number of nitrogens with zero attached hydrogens (tertiary/aromatic N) is 2. The van der Waals surface area contributed by atoms with Crippen molar-refractivity contribution in [3.63, 3.8) is 0 Å². The van der Waals surface area contributed by atoms with Crippen molar-refractivity contribution in [2.75, 3.05) is 31.1 Å². The molecule has 0 amide bonds. The fourth-order valence-electron chi connectivity index (χ4n) is 4.21. The number of nitrogens with one attached hydrogen (secondary N) is 1. The lowest BCUT2D eigenvalue weighted by Crippen LogP contribution is -2.43. The zero-order valence-corrected chi connectivity index (χ0v) is 17.3. The zero-order valence-electron chi connectivity index (χ0n) is 17.3. The topological polar surface area (TPSA) is 107 Å². The Hall–Kier alpha value is -3.27. The van der Waals surface area contributed by atoms with Crippen LogP contribution in [0.2, 0.25) is 0 Å². The standard InChI is InChI=1S/C22H22FN3O6/c23-15-9-13-16(10-17(15)25-7-5-24-6-8-25)26(12-1-2-12)11-14(20(13)28)21(29)32-22(30)18-3-4-19(27)31-18/h9-12,18,24H,1-8H2. The van der Waals surface area contributed by atoms with Crippen molar-refractivity contribution >= 4 is 34.5 Å². The number of aromatic nitrogens is 1. The Morgan fingerprint density at radius 2 is 1.88 bits per heavy atom. The smallest absolute Gasteiger partial charge is 0.355 e. The monoisotopic (exact) mass is 443 g/mol. The molecule has 1 unspecified atom stereocenters. The maximum Gasteiger partial charge on any atom is 0.355 e. The summed E-state index contributed by atoms with van der Waals surface area (Å²) in [5.41, 5.74) is -0.0957. The third-order valence-electron chi connectivity index (χ3n) is 6.06. The second-order valence-electron chi connectivity index (χ2n) is 8.29. The molecule has 10 heteroatoms. The van der Waals surface area contributed by atoms with E-state index in [1.807, 2.05) is 4.90 Å². The number of ether oxygens (including phenoxy) is 2. The minimum atomic E-state index is -1.16. The molecule has 3 heterocycles. The number of halogens is 1. The van der Waals surface area contributed by atoms with Gasteiger partial charge in [0.25, 0.3) is 0 Å². The Morgan fingerprint density at radius 1 is 1.12 bits per heavy atom. The van der Waals surface area contributed by atoms with Gasteiger partial charge in [0, 0.05) is 56.6 Å². The summed E-state index contributed by atoms with van der Waals surface area (Å²) in [4.78, 5) is 51.0. The molecule has 1 aromatic carbocycles. The first kappa shape index (κ1) is 20.6. The number of rotatable bonds is 4. The van der Waals surface area contributed by atoms with Crippen molar-refractivity contribution in [3.05, 3.63) is 39.9 Å². The average molecular weight is 443 g/mol. The van der Waals surface area contributed by atoms with Crippen LogP contribution in [0.4, 0.5) is 10.1 Å². The van der Waals surface area contributed by atoms with Gasteiger partial charge >= 0.3 is 17.9 Å². The van der Waals surface area contributed by atoms with Gasteiger partial charge in [-0.2, -0.15) is 0 Å². The van der Waals surface area contributed by atoms with Gasteiger partial charge in [-0.15, -0.1) is 0 Å². The van der Waals surface area contributed by atoms with Gasteiger partial charge in [0.15, 0.2) is 6.10 Å². The number of benzene rings is 1. The first-order valence-electron chi connectivity index (χ1n) is 10.7. The summed E-state index contributed by atoms with van der Waals surface area (Å²) in [6, 6.07) is 2.90. The summed E-state index contributed by atoms with van der Waals surface area (Å²) in [6.07, 6.45) is 2.14.